The smallest absolute Gasteiger partial charge is 0.171 e. The van der Waals surface area contributed by atoms with Gasteiger partial charge >= 0.3 is 0 Å². The molecule has 0 unspecified atom stereocenters. The first-order valence-electron chi connectivity index (χ1n) is 6.01. The molecule has 1 aromatic carbocycles. The van der Waals surface area contributed by atoms with Gasteiger partial charge in [0.1, 0.15) is 5.01 Å². The van der Waals surface area contributed by atoms with Crippen molar-refractivity contribution in [2.75, 3.05) is 0 Å². The summed E-state index contributed by atoms with van der Waals surface area (Å²) in [5.41, 5.74) is 2.51. The van der Waals surface area contributed by atoms with Gasteiger partial charge in [0, 0.05) is 28.2 Å². The molecule has 0 bridgehead atoms. The Morgan fingerprint density at radius 2 is 2.16 bits per heavy atom. The Labute approximate surface area is 115 Å². The summed E-state index contributed by atoms with van der Waals surface area (Å²) in [6, 6.07) is 9.68. The molecular formula is C15H12N2OS. The van der Waals surface area contributed by atoms with Crippen molar-refractivity contribution in [1.29, 1.82) is 0 Å². The molecule has 2 heterocycles. The van der Waals surface area contributed by atoms with Crippen LogP contribution in [0.15, 0.2) is 41.9 Å². The normalized spacial score (nSPS) is 10.8. The van der Waals surface area contributed by atoms with E-state index >= 15 is 0 Å². The van der Waals surface area contributed by atoms with Crippen molar-refractivity contribution in [2.24, 2.45) is 0 Å². The van der Waals surface area contributed by atoms with Crippen LogP contribution >= 0.6 is 11.3 Å². The molecule has 0 saturated carbocycles. The number of pyridine rings is 1. The summed E-state index contributed by atoms with van der Waals surface area (Å²) in [4.78, 5) is 20.8. The molecule has 3 rings (SSSR count). The van der Waals surface area contributed by atoms with Gasteiger partial charge in [-0.2, -0.15) is 0 Å². The minimum Gasteiger partial charge on any atom is -0.294 e. The van der Waals surface area contributed by atoms with Crippen LogP contribution in [-0.4, -0.2) is 15.8 Å². The zero-order valence-electron chi connectivity index (χ0n) is 10.5. The van der Waals surface area contributed by atoms with E-state index in [9.17, 15) is 4.79 Å². The number of hydrogen-bond donors (Lipinski definition) is 0. The number of benzene rings is 1. The van der Waals surface area contributed by atoms with E-state index in [0.29, 0.717) is 12.0 Å². The number of ketones is 1. The van der Waals surface area contributed by atoms with Gasteiger partial charge < -0.3 is 0 Å². The van der Waals surface area contributed by atoms with E-state index < -0.39 is 0 Å². The number of carbonyl (C=O) groups excluding carboxylic acids is 1. The van der Waals surface area contributed by atoms with Crippen molar-refractivity contribution in [1.82, 2.24) is 9.97 Å². The predicted molar refractivity (Wildman–Crippen MR) is 76.6 cm³/mol. The van der Waals surface area contributed by atoms with Gasteiger partial charge in [0.2, 0.25) is 0 Å². The number of rotatable bonds is 3. The van der Waals surface area contributed by atoms with Gasteiger partial charge in [-0.3, -0.25) is 9.78 Å². The van der Waals surface area contributed by atoms with Gasteiger partial charge in [0.05, 0.1) is 11.9 Å². The number of carbonyl (C=O) groups is 1. The SMILES string of the molecule is Cc1csc(CC(=O)c2cnc3ccccc3c2)n1. The lowest BCUT2D eigenvalue weighted by Gasteiger charge is -2.01. The zero-order chi connectivity index (χ0) is 13.2. The van der Waals surface area contributed by atoms with Crippen molar-refractivity contribution in [2.45, 2.75) is 13.3 Å². The van der Waals surface area contributed by atoms with E-state index in [0.717, 1.165) is 21.6 Å². The van der Waals surface area contributed by atoms with Crippen LogP contribution in [0, 0.1) is 6.92 Å². The van der Waals surface area contributed by atoms with Crippen LogP contribution < -0.4 is 0 Å². The average Bonchev–Trinajstić information content (AvgIpc) is 2.83. The fourth-order valence-corrected chi connectivity index (χ4v) is 2.72. The summed E-state index contributed by atoms with van der Waals surface area (Å²) in [6.45, 7) is 1.93. The van der Waals surface area contributed by atoms with E-state index in [-0.39, 0.29) is 5.78 Å². The Morgan fingerprint density at radius 1 is 1.32 bits per heavy atom. The third-order valence-corrected chi connectivity index (χ3v) is 3.86. The van der Waals surface area contributed by atoms with Gasteiger partial charge in [-0.05, 0) is 19.1 Å². The maximum Gasteiger partial charge on any atom is 0.171 e. The molecule has 0 amide bonds. The first kappa shape index (κ1) is 12.0. The van der Waals surface area contributed by atoms with Gasteiger partial charge in [0.25, 0.3) is 0 Å². The fraction of sp³-hybridized carbons (Fsp3) is 0.133. The Kier molecular flexibility index (Phi) is 3.09. The summed E-state index contributed by atoms with van der Waals surface area (Å²) in [6.07, 6.45) is 1.99. The second kappa shape index (κ2) is 4.90. The summed E-state index contributed by atoms with van der Waals surface area (Å²) >= 11 is 1.52. The maximum atomic E-state index is 12.2. The summed E-state index contributed by atoms with van der Waals surface area (Å²) in [7, 11) is 0. The van der Waals surface area contributed by atoms with Crippen molar-refractivity contribution >= 4 is 28.0 Å². The summed E-state index contributed by atoms with van der Waals surface area (Å²) in [5, 5.41) is 3.81. The van der Waals surface area contributed by atoms with Gasteiger partial charge in [-0.15, -0.1) is 11.3 Å². The molecule has 3 nitrogen and oxygen atoms in total. The third-order valence-electron chi connectivity index (χ3n) is 2.89. The molecule has 3 aromatic rings. The van der Waals surface area contributed by atoms with Crippen LogP contribution in [0.25, 0.3) is 10.9 Å². The molecule has 0 radical (unpaired) electrons. The first-order valence-corrected chi connectivity index (χ1v) is 6.89. The second-order valence-electron chi connectivity index (χ2n) is 4.40. The Morgan fingerprint density at radius 3 is 2.95 bits per heavy atom. The molecule has 2 aromatic heterocycles. The average molecular weight is 268 g/mol. The molecule has 0 N–H and O–H groups in total. The number of aromatic nitrogens is 2. The largest absolute Gasteiger partial charge is 0.294 e. The summed E-state index contributed by atoms with van der Waals surface area (Å²) in [5.74, 6) is 0.0626. The van der Waals surface area contributed by atoms with E-state index in [4.69, 9.17) is 0 Å². The number of fused-ring (bicyclic) bond motifs is 1. The van der Waals surface area contributed by atoms with Crippen molar-refractivity contribution in [3.8, 4) is 0 Å². The zero-order valence-corrected chi connectivity index (χ0v) is 11.3. The van der Waals surface area contributed by atoms with Crippen LogP contribution in [0.3, 0.4) is 0 Å². The minimum absolute atomic E-state index is 0.0626. The molecule has 0 aliphatic heterocycles. The van der Waals surface area contributed by atoms with Gasteiger partial charge in [-0.25, -0.2) is 4.98 Å². The van der Waals surface area contributed by atoms with E-state index in [2.05, 4.69) is 9.97 Å². The van der Waals surface area contributed by atoms with Crippen LogP contribution in [0.2, 0.25) is 0 Å². The molecule has 19 heavy (non-hydrogen) atoms. The van der Waals surface area contributed by atoms with Crippen molar-refractivity contribution in [3.63, 3.8) is 0 Å². The minimum atomic E-state index is 0.0626. The van der Waals surface area contributed by atoms with Crippen LogP contribution in [-0.2, 0) is 6.42 Å². The lowest BCUT2D eigenvalue weighted by atomic mass is 10.1. The highest BCUT2D eigenvalue weighted by Crippen LogP contribution is 2.16. The Balaban J connectivity index is 1.89. The maximum absolute atomic E-state index is 12.2. The van der Waals surface area contributed by atoms with E-state index in [1.165, 1.54) is 11.3 Å². The molecule has 0 fully saturated rings. The molecule has 0 spiro atoms. The quantitative estimate of drug-likeness (QED) is 0.683. The number of thiazole rings is 1. The molecule has 0 aliphatic rings. The number of para-hydroxylation sites is 1. The van der Waals surface area contributed by atoms with Crippen molar-refractivity contribution < 1.29 is 4.79 Å². The summed E-state index contributed by atoms with van der Waals surface area (Å²) < 4.78 is 0. The number of aryl methyl sites for hydroxylation is 1. The number of nitrogens with zero attached hydrogens (tertiary/aromatic N) is 2. The standard InChI is InChI=1S/C15H12N2OS/c1-10-9-19-15(17-10)7-14(18)12-6-11-4-2-3-5-13(11)16-8-12/h2-6,8-9H,7H2,1H3. The number of hydrogen-bond acceptors (Lipinski definition) is 4. The Hall–Kier alpha value is -2.07. The second-order valence-corrected chi connectivity index (χ2v) is 5.34. The highest BCUT2D eigenvalue weighted by Gasteiger charge is 2.10. The number of Topliss-reactive ketones (excluding diaryl/α,β-unsaturated/α-hetero) is 1. The lowest BCUT2D eigenvalue weighted by Crippen LogP contribution is -2.04. The first-order chi connectivity index (χ1) is 9.22. The van der Waals surface area contributed by atoms with Gasteiger partial charge in [0.15, 0.2) is 5.78 Å². The highest BCUT2D eigenvalue weighted by molar-refractivity contribution is 7.09. The lowest BCUT2D eigenvalue weighted by molar-refractivity contribution is 0.0992. The van der Waals surface area contributed by atoms with Crippen molar-refractivity contribution in [3.05, 3.63) is 58.2 Å². The van der Waals surface area contributed by atoms with Crippen LogP contribution in [0.5, 0.6) is 0 Å². The predicted octanol–water partition coefficient (Wildman–Crippen LogP) is 3.43. The fourth-order valence-electron chi connectivity index (χ4n) is 1.95. The molecule has 0 atom stereocenters. The molecule has 94 valence electrons. The topological polar surface area (TPSA) is 42.9 Å². The molecule has 0 saturated heterocycles. The van der Waals surface area contributed by atoms with E-state index in [1.54, 1.807) is 6.20 Å². The molecular weight excluding hydrogens is 256 g/mol. The Bertz CT molecular complexity index is 748. The third kappa shape index (κ3) is 2.53. The van der Waals surface area contributed by atoms with Crippen LogP contribution in [0.4, 0.5) is 0 Å². The molecule has 0 aliphatic carbocycles. The van der Waals surface area contributed by atoms with E-state index in [1.807, 2.05) is 42.6 Å². The monoisotopic (exact) mass is 268 g/mol. The molecule has 4 heteroatoms. The van der Waals surface area contributed by atoms with Crippen LogP contribution in [0.1, 0.15) is 21.1 Å². The highest BCUT2D eigenvalue weighted by atomic mass is 32.1. The van der Waals surface area contributed by atoms with Gasteiger partial charge in [-0.1, -0.05) is 18.2 Å².